The van der Waals surface area contributed by atoms with Gasteiger partial charge in [-0.2, -0.15) is 0 Å². The number of pyridine rings is 1. The number of nitrogens with two attached hydrogens (primary N) is 2. The summed E-state index contributed by atoms with van der Waals surface area (Å²) in [6.07, 6.45) is 3.09. The smallest absolute Gasteiger partial charge is 0.276 e. The molecule has 8 nitrogen and oxygen atoms in total. The minimum absolute atomic E-state index is 0.322. The monoisotopic (exact) mass is 324 g/mol. The Labute approximate surface area is 137 Å². The Kier molecular flexibility index (Phi) is 3.78. The minimum Gasteiger partial charge on any atom is -0.456 e. The number of rotatable bonds is 3. The van der Waals surface area contributed by atoms with Crippen LogP contribution < -0.4 is 16.2 Å². The molecule has 0 bridgehead atoms. The number of hydrogen-bond donors (Lipinski definition) is 4. The first kappa shape index (κ1) is 15.3. The van der Waals surface area contributed by atoms with Crippen LogP contribution in [0, 0.1) is 5.41 Å². The van der Waals surface area contributed by atoms with Gasteiger partial charge in [0.05, 0.1) is 18.1 Å². The molecule has 122 valence electrons. The van der Waals surface area contributed by atoms with E-state index in [4.69, 9.17) is 21.6 Å². The van der Waals surface area contributed by atoms with E-state index in [-0.39, 0.29) is 11.9 Å². The zero-order chi connectivity index (χ0) is 17.3. The summed E-state index contributed by atoms with van der Waals surface area (Å²) in [5, 5.41) is 8.16. The molecule has 0 unspecified atom stereocenters. The molecule has 0 aliphatic heterocycles. The number of hydrogen-bond acceptors (Lipinski definition) is 5. The van der Waals surface area contributed by atoms with Gasteiger partial charge in [0.1, 0.15) is 17.2 Å². The van der Waals surface area contributed by atoms with E-state index in [1.165, 1.54) is 13.2 Å². The number of nitrogen functional groups attached to an aromatic ring is 1. The number of nitrogens with one attached hydrogen (secondary N) is 2. The van der Waals surface area contributed by atoms with Crippen molar-refractivity contribution in [1.29, 1.82) is 5.41 Å². The van der Waals surface area contributed by atoms with E-state index < -0.39 is 0 Å². The number of H-pyrrole nitrogens is 1. The van der Waals surface area contributed by atoms with Crippen molar-refractivity contribution in [3.8, 4) is 11.5 Å². The van der Waals surface area contributed by atoms with Crippen molar-refractivity contribution in [2.45, 2.75) is 0 Å². The molecule has 0 atom stereocenters. The normalized spacial score (nSPS) is 10.5. The summed E-state index contributed by atoms with van der Waals surface area (Å²) in [7, 11) is 1.44. The van der Waals surface area contributed by atoms with E-state index in [1.807, 2.05) is 6.07 Å². The fourth-order valence-corrected chi connectivity index (χ4v) is 2.20. The number of carbonyl (C=O) groups excluding carboxylic acids is 1. The summed E-state index contributed by atoms with van der Waals surface area (Å²) in [4.78, 5) is 20.2. The summed E-state index contributed by atoms with van der Waals surface area (Å²) in [6, 6.07) is 8.74. The predicted octanol–water partition coefficient (Wildman–Crippen LogP) is 1.90. The topological polar surface area (TPSA) is 134 Å². The first-order valence-electron chi connectivity index (χ1n) is 7.07. The molecule has 1 amide bonds. The second kappa shape index (κ2) is 5.92. The molecule has 8 heteroatoms. The van der Waals surface area contributed by atoms with E-state index in [0.717, 1.165) is 15.8 Å². The Morgan fingerprint density at radius 2 is 2.04 bits per heavy atom. The summed E-state index contributed by atoms with van der Waals surface area (Å²) in [5.74, 6) is 0.391. The number of ether oxygens (including phenoxy) is 1. The molecule has 3 rings (SSSR count). The lowest BCUT2D eigenvalue weighted by atomic mass is 10.2. The lowest BCUT2D eigenvalue weighted by molar-refractivity contribution is 0.0864. The molecule has 0 aliphatic rings. The van der Waals surface area contributed by atoms with Gasteiger partial charge in [0.2, 0.25) is 0 Å². The summed E-state index contributed by atoms with van der Waals surface area (Å²) in [6.45, 7) is 0. The van der Waals surface area contributed by atoms with Crippen molar-refractivity contribution in [3.63, 3.8) is 0 Å². The average molecular weight is 324 g/mol. The highest BCUT2D eigenvalue weighted by Gasteiger charge is 2.16. The Morgan fingerprint density at radius 3 is 2.75 bits per heavy atom. The molecule has 0 aliphatic carbocycles. The molecule has 0 fully saturated rings. The lowest BCUT2D eigenvalue weighted by Gasteiger charge is -2.12. The van der Waals surface area contributed by atoms with Gasteiger partial charge in [-0.05, 0) is 18.2 Å². The first-order valence-corrected chi connectivity index (χ1v) is 7.07. The molecule has 6 N–H and O–H groups in total. The third-order valence-electron chi connectivity index (χ3n) is 3.46. The Balaban J connectivity index is 1.89. The van der Waals surface area contributed by atoms with Crippen molar-refractivity contribution >= 4 is 28.5 Å². The number of carbonyl (C=O) groups is 1. The molecule has 0 saturated heterocycles. The van der Waals surface area contributed by atoms with Crippen LogP contribution in [0.2, 0.25) is 0 Å². The van der Waals surface area contributed by atoms with Crippen LogP contribution in [0.1, 0.15) is 10.5 Å². The van der Waals surface area contributed by atoms with E-state index in [0.29, 0.717) is 22.9 Å². The van der Waals surface area contributed by atoms with Gasteiger partial charge in [0, 0.05) is 30.1 Å². The van der Waals surface area contributed by atoms with E-state index in [1.54, 1.807) is 30.5 Å². The highest BCUT2D eigenvalue weighted by molar-refractivity contribution is 6.05. The van der Waals surface area contributed by atoms with Gasteiger partial charge >= 0.3 is 0 Å². The fraction of sp³-hybridized carbons (Fsp3) is 0.0625. The van der Waals surface area contributed by atoms with E-state index in [2.05, 4.69) is 9.97 Å². The number of aromatic nitrogens is 2. The molecule has 1 aromatic carbocycles. The molecule has 2 heterocycles. The Morgan fingerprint density at radius 1 is 1.25 bits per heavy atom. The first-order chi connectivity index (χ1) is 11.4. The number of fused-ring (bicyclic) bond motifs is 1. The van der Waals surface area contributed by atoms with E-state index in [9.17, 15) is 4.79 Å². The molecule has 3 aromatic rings. The maximum Gasteiger partial charge on any atom is 0.276 e. The van der Waals surface area contributed by atoms with E-state index >= 15 is 0 Å². The van der Waals surface area contributed by atoms with Gasteiger partial charge in [0.15, 0.2) is 5.96 Å². The quantitative estimate of drug-likeness (QED) is 0.431. The van der Waals surface area contributed by atoms with Gasteiger partial charge < -0.3 is 21.2 Å². The average Bonchev–Trinajstić information content (AvgIpc) is 2.96. The highest BCUT2D eigenvalue weighted by Crippen LogP contribution is 2.26. The fourth-order valence-electron chi connectivity index (χ4n) is 2.20. The largest absolute Gasteiger partial charge is 0.456 e. The minimum atomic E-state index is -0.388. The van der Waals surface area contributed by atoms with Gasteiger partial charge in [-0.15, -0.1) is 0 Å². The van der Waals surface area contributed by atoms with Crippen molar-refractivity contribution in [2.24, 2.45) is 5.73 Å². The van der Waals surface area contributed by atoms with Crippen LogP contribution in [0.25, 0.3) is 10.9 Å². The standard InChI is InChI=1S/C16H16N6O2/c1-22(16(18)19)15(23)14-4-9-2-3-11(6-13(9)21-14)24-12-5-10(17)7-20-8-12/h2-8,21H,17H2,1H3,(H3,18,19). The summed E-state index contributed by atoms with van der Waals surface area (Å²) in [5.41, 5.74) is 12.6. The van der Waals surface area contributed by atoms with Crippen LogP contribution in [-0.4, -0.2) is 33.8 Å². The molecule has 0 saturated carbocycles. The van der Waals surface area contributed by atoms with Gasteiger partial charge in [-0.3, -0.25) is 20.1 Å². The maximum absolute atomic E-state index is 12.2. The summed E-state index contributed by atoms with van der Waals surface area (Å²) < 4.78 is 5.71. The van der Waals surface area contributed by atoms with Gasteiger partial charge in [0.25, 0.3) is 5.91 Å². The van der Waals surface area contributed by atoms with Gasteiger partial charge in [-0.25, -0.2) is 0 Å². The van der Waals surface area contributed by atoms with Crippen LogP contribution in [0.15, 0.2) is 42.7 Å². The number of amides is 1. The van der Waals surface area contributed by atoms with Crippen LogP contribution in [0.4, 0.5) is 5.69 Å². The summed E-state index contributed by atoms with van der Waals surface area (Å²) >= 11 is 0. The molecule has 24 heavy (non-hydrogen) atoms. The second-order valence-corrected chi connectivity index (χ2v) is 5.24. The third kappa shape index (κ3) is 2.98. The number of guanidine groups is 1. The molecule has 0 spiro atoms. The number of aromatic amines is 1. The predicted molar refractivity (Wildman–Crippen MR) is 91.0 cm³/mol. The van der Waals surface area contributed by atoms with Crippen molar-refractivity contribution in [1.82, 2.24) is 14.9 Å². The Bertz CT molecular complexity index is 933. The van der Waals surface area contributed by atoms with Crippen LogP contribution in [0.3, 0.4) is 0 Å². The second-order valence-electron chi connectivity index (χ2n) is 5.24. The number of benzene rings is 1. The van der Waals surface area contributed by atoms with Crippen molar-refractivity contribution in [3.05, 3.63) is 48.4 Å². The van der Waals surface area contributed by atoms with Crippen molar-refractivity contribution < 1.29 is 9.53 Å². The Hall–Kier alpha value is -3.55. The third-order valence-corrected chi connectivity index (χ3v) is 3.46. The zero-order valence-electron chi connectivity index (χ0n) is 12.9. The lowest BCUT2D eigenvalue weighted by Crippen LogP contribution is -2.38. The molecular formula is C16H16N6O2. The maximum atomic E-state index is 12.2. The van der Waals surface area contributed by atoms with Crippen LogP contribution in [-0.2, 0) is 0 Å². The zero-order valence-corrected chi connectivity index (χ0v) is 12.9. The molecule has 2 aromatic heterocycles. The van der Waals surface area contributed by atoms with Crippen LogP contribution in [0.5, 0.6) is 11.5 Å². The SMILES string of the molecule is CN(C(=N)N)C(=O)c1cc2ccc(Oc3cncc(N)c3)cc2[nH]1. The highest BCUT2D eigenvalue weighted by atomic mass is 16.5. The molecular weight excluding hydrogens is 308 g/mol. The van der Waals surface area contributed by atoms with Gasteiger partial charge in [-0.1, -0.05) is 0 Å². The number of anilines is 1. The van der Waals surface area contributed by atoms with Crippen molar-refractivity contribution in [2.75, 3.05) is 12.8 Å². The molecule has 0 radical (unpaired) electrons. The number of nitrogens with zero attached hydrogens (tertiary/aromatic N) is 2. The van der Waals surface area contributed by atoms with Crippen LogP contribution >= 0.6 is 0 Å².